The van der Waals surface area contributed by atoms with E-state index in [2.05, 4.69) is 5.10 Å². The molecule has 1 heterocycles. The minimum absolute atomic E-state index is 0.461. The maximum absolute atomic E-state index is 5.78. The van der Waals surface area contributed by atoms with Crippen LogP contribution in [0.4, 0.5) is 0 Å². The summed E-state index contributed by atoms with van der Waals surface area (Å²) in [7, 11) is 0. The zero-order valence-corrected chi connectivity index (χ0v) is 8.19. The van der Waals surface area contributed by atoms with E-state index in [1.165, 1.54) is 4.85 Å². The predicted molar refractivity (Wildman–Crippen MR) is 54.0 cm³/mol. The van der Waals surface area contributed by atoms with Crippen molar-refractivity contribution in [3.05, 3.63) is 53.3 Å². The normalized spacial score (nSPS) is 10.1. The van der Waals surface area contributed by atoms with Gasteiger partial charge in [-0.1, -0.05) is 46.8 Å². The minimum atomic E-state index is 0.461. The SMILES string of the molecule is Clc1ccnn1OCc1ccccc1. The summed E-state index contributed by atoms with van der Waals surface area (Å²) in [6.45, 7) is 0.461. The van der Waals surface area contributed by atoms with E-state index in [1.54, 1.807) is 12.3 Å². The number of nitrogens with zero attached hydrogens (tertiary/aromatic N) is 2. The van der Waals surface area contributed by atoms with Gasteiger partial charge in [0.15, 0.2) is 5.15 Å². The van der Waals surface area contributed by atoms with Crippen LogP contribution in [0.2, 0.25) is 5.15 Å². The lowest BCUT2D eigenvalue weighted by Crippen LogP contribution is -2.12. The Morgan fingerprint density at radius 1 is 1.21 bits per heavy atom. The average molecular weight is 209 g/mol. The molecular formula is C10H9ClN2O. The zero-order valence-electron chi connectivity index (χ0n) is 7.43. The van der Waals surface area contributed by atoms with Crippen LogP contribution in [0.15, 0.2) is 42.6 Å². The number of hydrogen-bond acceptors (Lipinski definition) is 2. The standard InChI is InChI=1S/C10H9ClN2O/c11-10-6-7-12-13(10)14-8-9-4-2-1-3-5-9/h1-7H,8H2. The topological polar surface area (TPSA) is 27.1 Å². The lowest BCUT2D eigenvalue weighted by atomic mass is 10.2. The van der Waals surface area contributed by atoms with Crippen molar-refractivity contribution in [1.82, 2.24) is 9.94 Å². The van der Waals surface area contributed by atoms with Gasteiger partial charge in [-0.15, -0.1) is 5.10 Å². The summed E-state index contributed by atoms with van der Waals surface area (Å²) in [6.07, 6.45) is 1.59. The third-order valence-corrected chi connectivity index (χ3v) is 2.03. The van der Waals surface area contributed by atoms with Gasteiger partial charge in [0.2, 0.25) is 0 Å². The van der Waals surface area contributed by atoms with Gasteiger partial charge in [0, 0.05) is 0 Å². The van der Waals surface area contributed by atoms with Crippen LogP contribution in [0.1, 0.15) is 5.56 Å². The van der Waals surface area contributed by atoms with E-state index >= 15 is 0 Å². The van der Waals surface area contributed by atoms with Crippen molar-refractivity contribution < 1.29 is 4.84 Å². The molecule has 1 aromatic carbocycles. The van der Waals surface area contributed by atoms with Crippen LogP contribution in [0.5, 0.6) is 0 Å². The molecule has 0 N–H and O–H groups in total. The largest absolute Gasteiger partial charge is 0.391 e. The molecular weight excluding hydrogens is 200 g/mol. The van der Waals surface area contributed by atoms with Crippen molar-refractivity contribution >= 4 is 11.6 Å². The van der Waals surface area contributed by atoms with E-state index < -0.39 is 0 Å². The number of halogens is 1. The molecule has 0 aliphatic carbocycles. The summed E-state index contributed by atoms with van der Waals surface area (Å²) in [5, 5.41) is 4.37. The van der Waals surface area contributed by atoms with Gasteiger partial charge in [0.05, 0.1) is 6.20 Å². The molecule has 0 aliphatic rings. The van der Waals surface area contributed by atoms with Gasteiger partial charge in [0.1, 0.15) is 6.61 Å². The molecule has 3 nitrogen and oxygen atoms in total. The molecule has 0 aliphatic heterocycles. The van der Waals surface area contributed by atoms with Crippen LogP contribution >= 0.6 is 11.6 Å². The van der Waals surface area contributed by atoms with Crippen molar-refractivity contribution in [1.29, 1.82) is 0 Å². The van der Waals surface area contributed by atoms with Crippen molar-refractivity contribution in [2.45, 2.75) is 6.61 Å². The van der Waals surface area contributed by atoms with E-state index in [4.69, 9.17) is 16.4 Å². The van der Waals surface area contributed by atoms with E-state index in [0.717, 1.165) is 5.56 Å². The molecule has 0 saturated carbocycles. The molecule has 2 rings (SSSR count). The summed E-state index contributed by atoms with van der Waals surface area (Å²) in [5.74, 6) is 0. The number of aromatic nitrogens is 2. The summed E-state index contributed by atoms with van der Waals surface area (Å²) >= 11 is 5.78. The van der Waals surface area contributed by atoms with Crippen LogP contribution in [0, 0.1) is 0 Å². The molecule has 0 atom stereocenters. The molecule has 4 heteroatoms. The Morgan fingerprint density at radius 2 is 2.00 bits per heavy atom. The first-order valence-corrected chi connectivity index (χ1v) is 4.61. The van der Waals surface area contributed by atoms with Gasteiger partial charge in [-0.05, 0) is 11.6 Å². The molecule has 0 spiro atoms. The highest BCUT2D eigenvalue weighted by atomic mass is 35.5. The Kier molecular flexibility index (Phi) is 2.70. The second kappa shape index (κ2) is 4.15. The van der Waals surface area contributed by atoms with E-state index in [0.29, 0.717) is 11.8 Å². The summed E-state index contributed by atoms with van der Waals surface area (Å²) < 4.78 is 0. The van der Waals surface area contributed by atoms with Gasteiger partial charge in [0.25, 0.3) is 0 Å². The van der Waals surface area contributed by atoms with Gasteiger partial charge in [-0.3, -0.25) is 0 Å². The Labute approximate surface area is 86.8 Å². The smallest absolute Gasteiger partial charge is 0.168 e. The first-order chi connectivity index (χ1) is 6.86. The third kappa shape index (κ3) is 2.06. The quantitative estimate of drug-likeness (QED) is 0.773. The Balaban J connectivity index is 1.99. The lowest BCUT2D eigenvalue weighted by molar-refractivity contribution is 0.0707. The van der Waals surface area contributed by atoms with Crippen LogP contribution in [-0.2, 0) is 6.61 Å². The van der Waals surface area contributed by atoms with Gasteiger partial charge in [-0.25, -0.2) is 0 Å². The maximum Gasteiger partial charge on any atom is 0.168 e. The molecule has 2 aromatic rings. The lowest BCUT2D eigenvalue weighted by Gasteiger charge is -2.05. The molecule has 0 amide bonds. The average Bonchev–Trinajstić information content (AvgIpc) is 2.63. The molecule has 0 radical (unpaired) electrons. The highest BCUT2D eigenvalue weighted by molar-refractivity contribution is 6.29. The fraction of sp³-hybridized carbons (Fsp3) is 0.100. The molecule has 72 valence electrons. The highest BCUT2D eigenvalue weighted by Crippen LogP contribution is 2.05. The first-order valence-electron chi connectivity index (χ1n) is 4.23. The van der Waals surface area contributed by atoms with Crippen LogP contribution in [0.3, 0.4) is 0 Å². The summed E-state index contributed by atoms with van der Waals surface area (Å²) in [4.78, 5) is 6.64. The van der Waals surface area contributed by atoms with Crippen molar-refractivity contribution in [2.24, 2.45) is 0 Å². The number of hydrogen-bond donors (Lipinski definition) is 0. The van der Waals surface area contributed by atoms with Crippen molar-refractivity contribution in [3.63, 3.8) is 0 Å². The number of rotatable bonds is 3. The van der Waals surface area contributed by atoms with Gasteiger partial charge >= 0.3 is 0 Å². The monoisotopic (exact) mass is 208 g/mol. The maximum atomic E-state index is 5.78. The molecule has 0 saturated heterocycles. The molecule has 0 bridgehead atoms. The predicted octanol–water partition coefficient (Wildman–Crippen LogP) is 2.17. The Hall–Kier alpha value is -1.48. The van der Waals surface area contributed by atoms with Crippen molar-refractivity contribution in [3.8, 4) is 0 Å². The fourth-order valence-electron chi connectivity index (χ4n) is 1.08. The number of benzene rings is 1. The molecule has 0 fully saturated rings. The highest BCUT2D eigenvalue weighted by Gasteiger charge is 1.98. The molecule has 0 unspecified atom stereocenters. The van der Waals surface area contributed by atoms with Gasteiger partial charge in [-0.2, -0.15) is 0 Å². The van der Waals surface area contributed by atoms with Crippen molar-refractivity contribution in [2.75, 3.05) is 0 Å². The van der Waals surface area contributed by atoms with E-state index in [9.17, 15) is 0 Å². The van der Waals surface area contributed by atoms with Gasteiger partial charge < -0.3 is 4.84 Å². The zero-order chi connectivity index (χ0) is 9.80. The Morgan fingerprint density at radius 3 is 2.64 bits per heavy atom. The fourth-order valence-corrected chi connectivity index (χ4v) is 1.23. The van der Waals surface area contributed by atoms with Crippen LogP contribution < -0.4 is 4.84 Å². The first kappa shape index (κ1) is 9.09. The van der Waals surface area contributed by atoms with E-state index in [-0.39, 0.29) is 0 Å². The molecule has 14 heavy (non-hydrogen) atoms. The summed E-state index contributed by atoms with van der Waals surface area (Å²) in [6, 6.07) is 11.5. The van der Waals surface area contributed by atoms with Crippen LogP contribution in [-0.4, -0.2) is 9.94 Å². The second-order valence-corrected chi connectivity index (χ2v) is 3.17. The van der Waals surface area contributed by atoms with Crippen LogP contribution in [0.25, 0.3) is 0 Å². The second-order valence-electron chi connectivity index (χ2n) is 2.79. The summed E-state index contributed by atoms with van der Waals surface area (Å²) in [5.41, 5.74) is 1.08. The van der Waals surface area contributed by atoms with E-state index in [1.807, 2.05) is 30.3 Å². The minimum Gasteiger partial charge on any atom is -0.391 e. The molecule has 1 aromatic heterocycles. The Bertz CT molecular complexity index is 400. The third-order valence-electron chi connectivity index (χ3n) is 1.76.